The predicted octanol–water partition coefficient (Wildman–Crippen LogP) is 4.28. The summed E-state index contributed by atoms with van der Waals surface area (Å²) in [6, 6.07) is 21.4. The minimum Gasteiger partial charge on any atom is -0.497 e. The number of allylic oxidation sites excluding steroid dienone is 1. The van der Waals surface area contributed by atoms with Crippen LogP contribution in [0.3, 0.4) is 0 Å². The Morgan fingerprint density at radius 1 is 1.02 bits per heavy atom. The van der Waals surface area contributed by atoms with E-state index in [1.54, 1.807) is 19.2 Å². The van der Waals surface area contributed by atoms with Crippen LogP contribution in [-0.4, -0.2) is 38.0 Å². The van der Waals surface area contributed by atoms with E-state index in [0.717, 1.165) is 46.6 Å². The molecule has 0 amide bonds. The van der Waals surface area contributed by atoms with Crippen LogP contribution in [0.25, 0.3) is 11.8 Å². The third-order valence-corrected chi connectivity index (χ3v) is 8.43. The van der Waals surface area contributed by atoms with Crippen LogP contribution >= 0.6 is 11.3 Å². The van der Waals surface area contributed by atoms with Gasteiger partial charge in [-0.15, -0.1) is 0 Å². The molecule has 1 aliphatic carbocycles. The van der Waals surface area contributed by atoms with E-state index in [1.807, 2.05) is 54.0 Å². The molecule has 6 rings (SSSR count). The number of hydrogen-bond donors (Lipinski definition) is 0. The lowest BCUT2D eigenvalue weighted by atomic mass is 9.83. The maximum absolute atomic E-state index is 14.1. The van der Waals surface area contributed by atoms with Crippen LogP contribution in [0.4, 0.5) is 0 Å². The highest BCUT2D eigenvalue weighted by molar-refractivity contribution is 7.07. The van der Waals surface area contributed by atoms with Crippen LogP contribution in [-0.2, 0) is 16.0 Å². The number of methoxy groups -OCH3 is 2. The van der Waals surface area contributed by atoms with Gasteiger partial charge in [0.25, 0.3) is 5.56 Å². The number of hydrogen-bond acceptors (Lipinski definition) is 8. The molecule has 0 N–H and O–H groups in total. The molecule has 2 heterocycles. The highest BCUT2D eigenvalue weighted by atomic mass is 32.1. The molecule has 1 aliphatic heterocycles. The summed E-state index contributed by atoms with van der Waals surface area (Å²) in [7, 11) is 2.95. The summed E-state index contributed by atoms with van der Waals surface area (Å²) in [6.07, 6.45) is 3.56. The Balaban J connectivity index is 1.48. The number of thiazole rings is 1. The Hall–Kier alpha value is -4.63. The fourth-order valence-corrected chi connectivity index (χ4v) is 6.46. The van der Waals surface area contributed by atoms with E-state index in [1.165, 1.54) is 24.0 Å². The second-order valence-electron chi connectivity index (χ2n) is 9.89. The third kappa shape index (κ3) is 5.12. The zero-order valence-electron chi connectivity index (χ0n) is 23.6. The largest absolute Gasteiger partial charge is 0.497 e. The van der Waals surface area contributed by atoms with Gasteiger partial charge in [-0.2, -0.15) is 0 Å². The lowest BCUT2D eigenvalue weighted by Gasteiger charge is -2.30. The van der Waals surface area contributed by atoms with Crippen LogP contribution in [0.1, 0.15) is 41.6 Å². The number of ether oxygens (including phenoxy) is 4. The number of carbonyl (C=O) groups is 1. The summed E-state index contributed by atoms with van der Waals surface area (Å²) in [5.41, 5.74) is 6.17. The summed E-state index contributed by atoms with van der Waals surface area (Å²) in [5, 5.41) is 0. The van der Waals surface area contributed by atoms with Crippen molar-refractivity contribution < 1.29 is 23.7 Å². The van der Waals surface area contributed by atoms with Crippen molar-refractivity contribution in [2.75, 3.05) is 27.4 Å². The number of nitrogens with zero attached hydrogens (tertiary/aromatic N) is 2. The van der Waals surface area contributed by atoms with Crippen LogP contribution in [0.15, 0.2) is 82.1 Å². The van der Waals surface area contributed by atoms with Crippen molar-refractivity contribution >= 4 is 29.1 Å². The third-order valence-electron chi connectivity index (χ3n) is 7.44. The fourth-order valence-electron chi connectivity index (χ4n) is 5.46. The Morgan fingerprint density at radius 2 is 1.83 bits per heavy atom. The van der Waals surface area contributed by atoms with Gasteiger partial charge in [-0.3, -0.25) is 9.36 Å². The molecule has 0 radical (unpaired) electrons. The van der Waals surface area contributed by atoms with Gasteiger partial charge in [0.05, 0.1) is 37.1 Å². The number of fused-ring (bicyclic) bond motifs is 3. The minimum absolute atomic E-state index is 0.103. The quantitative estimate of drug-likeness (QED) is 0.288. The molecule has 42 heavy (non-hydrogen) atoms. The van der Waals surface area contributed by atoms with Gasteiger partial charge in [0.15, 0.2) is 22.9 Å². The average molecular weight is 583 g/mol. The van der Waals surface area contributed by atoms with E-state index in [-0.39, 0.29) is 18.2 Å². The first-order valence-corrected chi connectivity index (χ1v) is 14.6. The lowest BCUT2D eigenvalue weighted by molar-refractivity contribution is -0.142. The fraction of sp³-hybridized carbons (Fsp3) is 0.242. The van der Waals surface area contributed by atoms with E-state index < -0.39 is 5.97 Å². The highest BCUT2D eigenvalue weighted by Crippen LogP contribution is 2.41. The summed E-state index contributed by atoms with van der Waals surface area (Å²) >= 11 is 1.37. The molecule has 3 aromatic carbocycles. The van der Waals surface area contributed by atoms with Gasteiger partial charge in [-0.05, 0) is 72.4 Å². The first kappa shape index (κ1) is 27.5. The SMILES string of the molecule is CCOc1cc(C=c2sc3n(c2=O)C(c2ccc(OC)cc2)C2=C(N=3)c3ccccc3CC2)ccc1OCC(=O)OC. The average Bonchev–Trinajstić information content (AvgIpc) is 3.33. The van der Waals surface area contributed by atoms with Gasteiger partial charge in [0.1, 0.15) is 5.75 Å². The van der Waals surface area contributed by atoms with Gasteiger partial charge in [0.2, 0.25) is 0 Å². The lowest BCUT2D eigenvalue weighted by Crippen LogP contribution is -2.38. The first-order valence-electron chi connectivity index (χ1n) is 13.7. The number of aryl methyl sites for hydroxylation is 1. The molecular weight excluding hydrogens is 552 g/mol. The Bertz CT molecular complexity index is 1870. The van der Waals surface area contributed by atoms with Crippen molar-refractivity contribution in [1.82, 2.24) is 4.57 Å². The molecule has 2 aliphatic rings. The zero-order chi connectivity index (χ0) is 29.2. The number of aromatic nitrogens is 1. The molecule has 1 unspecified atom stereocenters. The molecule has 8 nitrogen and oxygen atoms in total. The van der Waals surface area contributed by atoms with Crippen LogP contribution in [0.2, 0.25) is 0 Å². The molecule has 0 saturated heterocycles. The highest BCUT2D eigenvalue weighted by Gasteiger charge is 2.32. The number of esters is 1. The number of benzene rings is 3. The van der Waals surface area contributed by atoms with E-state index in [0.29, 0.717) is 27.4 Å². The smallest absolute Gasteiger partial charge is 0.343 e. The summed E-state index contributed by atoms with van der Waals surface area (Å²) < 4.78 is 23.8. The Morgan fingerprint density at radius 3 is 2.60 bits per heavy atom. The van der Waals surface area contributed by atoms with Crippen molar-refractivity contribution in [3.8, 4) is 17.2 Å². The molecule has 9 heteroatoms. The van der Waals surface area contributed by atoms with E-state index in [4.69, 9.17) is 19.2 Å². The van der Waals surface area contributed by atoms with Crippen molar-refractivity contribution in [3.05, 3.63) is 114 Å². The van der Waals surface area contributed by atoms with Gasteiger partial charge in [-0.1, -0.05) is 53.8 Å². The Labute approximate surface area is 246 Å². The Kier molecular flexibility index (Phi) is 7.67. The van der Waals surface area contributed by atoms with E-state index in [2.05, 4.69) is 22.9 Å². The molecular formula is C33H30N2O6S. The first-order chi connectivity index (χ1) is 20.5. The maximum atomic E-state index is 14.1. The van der Waals surface area contributed by atoms with Crippen LogP contribution in [0, 0.1) is 0 Å². The topological polar surface area (TPSA) is 88.4 Å². The second kappa shape index (κ2) is 11.7. The van der Waals surface area contributed by atoms with Gasteiger partial charge >= 0.3 is 5.97 Å². The number of rotatable bonds is 8. The van der Waals surface area contributed by atoms with Gasteiger partial charge < -0.3 is 18.9 Å². The van der Waals surface area contributed by atoms with Crippen molar-refractivity contribution in [2.24, 2.45) is 4.99 Å². The van der Waals surface area contributed by atoms with Gasteiger partial charge in [-0.25, -0.2) is 9.79 Å². The molecule has 1 atom stereocenters. The molecule has 4 aromatic rings. The molecule has 1 aromatic heterocycles. The van der Waals surface area contributed by atoms with E-state index >= 15 is 0 Å². The molecule has 0 fully saturated rings. The van der Waals surface area contributed by atoms with Gasteiger partial charge in [0, 0.05) is 5.56 Å². The van der Waals surface area contributed by atoms with Crippen molar-refractivity contribution in [3.63, 3.8) is 0 Å². The molecule has 0 bridgehead atoms. The summed E-state index contributed by atoms with van der Waals surface area (Å²) in [6.45, 7) is 2.05. The number of carbonyl (C=O) groups excluding carboxylic acids is 1. The zero-order valence-corrected chi connectivity index (χ0v) is 24.4. The summed E-state index contributed by atoms with van der Waals surface area (Å²) in [5.74, 6) is 1.18. The van der Waals surface area contributed by atoms with Crippen molar-refractivity contribution in [2.45, 2.75) is 25.8 Å². The van der Waals surface area contributed by atoms with Crippen LogP contribution in [0.5, 0.6) is 17.2 Å². The molecule has 0 spiro atoms. The normalized spacial score (nSPS) is 15.7. The standard InChI is InChI=1S/C33H30N2O6S/c1-4-40-27-17-20(9-16-26(27)41-19-29(36)39-3)18-28-32(37)35-31(22-10-13-23(38-2)14-11-22)25-15-12-21-7-5-6-8-24(21)30(25)34-33(35)42-28/h5-11,13-14,16-18,31H,4,12,15,19H2,1-3H3. The monoisotopic (exact) mass is 582 g/mol. The second-order valence-corrected chi connectivity index (χ2v) is 10.9. The van der Waals surface area contributed by atoms with Crippen molar-refractivity contribution in [1.29, 1.82) is 0 Å². The minimum atomic E-state index is -0.487. The van der Waals surface area contributed by atoms with Crippen LogP contribution < -0.4 is 29.1 Å². The predicted molar refractivity (Wildman–Crippen MR) is 161 cm³/mol. The molecule has 214 valence electrons. The molecule has 0 saturated carbocycles. The van der Waals surface area contributed by atoms with E-state index in [9.17, 15) is 9.59 Å². The summed E-state index contributed by atoms with van der Waals surface area (Å²) in [4.78, 5) is 31.4. The maximum Gasteiger partial charge on any atom is 0.343 e.